The summed E-state index contributed by atoms with van der Waals surface area (Å²) in [6.07, 6.45) is 3.84. The molecule has 0 saturated heterocycles. The third kappa shape index (κ3) is 4.44. The minimum Gasteiger partial charge on any atom is -0.493 e. The van der Waals surface area contributed by atoms with Gasteiger partial charge in [-0.15, -0.1) is 0 Å². The van der Waals surface area contributed by atoms with Gasteiger partial charge in [0.2, 0.25) is 10.0 Å². The molecule has 7 nitrogen and oxygen atoms in total. The Morgan fingerprint density at radius 1 is 1.21 bits per heavy atom. The van der Waals surface area contributed by atoms with Crippen LogP contribution in [-0.4, -0.2) is 41.6 Å². The highest BCUT2D eigenvalue weighted by molar-refractivity contribution is 7.89. The van der Waals surface area contributed by atoms with Crippen LogP contribution >= 0.6 is 0 Å². The topological polar surface area (TPSA) is 84.9 Å². The van der Waals surface area contributed by atoms with Crippen molar-refractivity contribution >= 4 is 27.7 Å². The average molecular weight is 416 g/mol. The Morgan fingerprint density at radius 3 is 2.69 bits per heavy atom. The molecule has 1 aliphatic rings. The molecule has 0 bridgehead atoms. The Morgan fingerprint density at radius 2 is 2.00 bits per heavy atom. The lowest BCUT2D eigenvalue weighted by molar-refractivity contribution is -0.114. The van der Waals surface area contributed by atoms with Crippen molar-refractivity contribution in [1.29, 1.82) is 0 Å². The highest BCUT2D eigenvalue weighted by Gasteiger charge is 2.25. The van der Waals surface area contributed by atoms with Crippen LogP contribution in [0.2, 0.25) is 0 Å². The van der Waals surface area contributed by atoms with Gasteiger partial charge in [-0.2, -0.15) is 0 Å². The first-order valence-electron chi connectivity index (χ1n) is 9.26. The van der Waals surface area contributed by atoms with Crippen LogP contribution in [0, 0.1) is 0 Å². The second-order valence-corrected chi connectivity index (χ2v) is 8.30. The van der Waals surface area contributed by atoms with Gasteiger partial charge >= 0.3 is 0 Å². The Labute approximate surface area is 171 Å². The number of hydrogen-bond acceptors (Lipinski definition) is 5. The van der Waals surface area contributed by atoms with Gasteiger partial charge in [0.1, 0.15) is 0 Å². The molecule has 0 saturated carbocycles. The maximum atomic E-state index is 12.7. The van der Waals surface area contributed by atoms with Crippen molar-refractivity contribution in [2.24, 2.45) is 0 Å². The zero-order chi connectivity index (χ0) is 21.0. The van der Waals surface area contributed by atoms with E-state index in [-0.39, 0.29) is 10.8 Å². The van der Waals surface area contributed by atoms with Crippen molar-refractivity contribution in [2.75, 3.05) is 32.2 Å². The summed E-state index contributed by atoms with van der Waals surface area (Å²) in [5.41, 5.74) is 2.39. The number of amides is 1. The highest BCUT2D eigenvalue weighted by Crippen LogP contribution is 2.31. The molecule has 0 spiro atoms. The van der Waals surface area contributed by atoms with Gasteiger partial charge < -0.3 is 14.4 Å². The lowest BCUT2D eigenvalue weighted by atomic mass is 10.1. The molecule has 3 rings (SSSR count). The molecule has 0 aromatic heterocycles. The standard InChI is InChI=1S/C21H24N2O5S/c1-4-28-20-13-15(5-9-19(20)27-3)6-10-21(24)23-12-11-16-14-17(7-8-18(16)23)29(25,26)22-2/h5-10,13-14,22H,4,11-12H2,1-3H3/b10-6+. The number of anilines is 1. The van der Waals surface area contributed by atoms with E-state index in [1.54, 1.807) is 36.3 Å². The zero-order valence-corrected chi connectivity index (χ0v) is 17.5. The number of hydrogen-bond donors (Lipinski definition) is 1. The van der Waals surface area contributed by atoms with Crippen LogP contribution in [0.4, 0.5) is 5.69 Å². The number of ether oxygens (including phenoxy) is 2. The first-order valence-corrected chi connectivity index (χ1v) is 10.7. The molecule has 0 radical (unpaired) electrons. The fraction of sp³-hybridized carbons (Fsp3) is 0.286. The molecule has 29 heavy (non-hydrogen) atoms. The summed E-state index contributed by atoms with van der Waals surface area (Å²) in [5.74, 6) is 1.09. The molecular weight excluding hydrogens is 392 g/mol. The summed E-state index contributed by atoms with van der Waals surface area (Å²) < 4.78 is 37.1. The van der Waals surface area contributed by atoms with Gasteiger partial charge in [-0.25, -0.2) is 13.1 Å². The minimum atomic E-state index is -3.51. The van der Waals surface area contributed by atoms with Gasteiger partial charge in [0.05, 0.1) is 18.6 Å². The van der Waals surface area contributed by atoms with Gasteiger partial charge in [0.15, 0.2) is 11.5 Å². The quantitative estimate of drug-likeness (QED) is 0.702. The summed E-state index contributed by atoms with van der Waals surface area (Å²) >= 11 is 0. The lowest BCUT2D eigenvalue weighted by Gasteiger charge is -2.15. The number of fused-ring (bicyclic) bond motifs is 1. The van der Waals surface area contributed by atoms with Gasteiger partial charge in [-0.1, -0.05) is 6.07 Å². The number of rotatable bonds is 7. The van der Waals surface area contributed by atoms with E-state index >= 15 is 0 Å². The van der Waals surface area contributed by atoms with Crippen LogP contribution in [0.15, 0.2) is 47.4 Å². The van der Waals surface area contributed by atoms with Crippen LogP contribution in [0.5, 0.6) is 11.5 Å². The predicted octanol–water partition coefficient (Wildman–Crippen LogP) is 2.60. The van der Waals surface area contributed by atoms with E-state index in [0.717, 1.165) is 16.8 Å². The second-order valence-electron chi connectivity index (χ2n) is 6.41. The SMILES string of the molecule is CCOc1cc(/C=C/C(=O)N2CCc3cc(S(=O)(=O)NC)ccc32)ccc1OC. The monoisotopic (exact) mass is 416 g/mol. The first-order chi connectivity index (χ1) is 13.9. The summed E-state index contributed by atoms with van der Waals surface area (Å²) in [5, 5.41) is 0. The van der Waals surface area contributed by atoms with Crippen molar-refractivity contribution in [3.63, 3.8) is 0 Å². The number of nitrogens with one attached hydrogen (secondary N) is 1. The van der Waals surface area contributed by atoms with E-state index < -0.39 is 10.0 Å². The Balaban J connectivity index is 1.79. The zero-order valence-electron chi connectivity index (χ0n) is 16.6. The molecule has 154 valence electrons. The van der Waals surface area contributed by atoms with E-state index in [0.29, 0.717) is 31.1 Å². The predicted molar refractivity (Wildman–Crippen MR) is 112 cm³/mol. The molecule has 1 aliphatic heterocycles. The first kappa shape index (κ1) is 20.9. The molecule has 0 fully saturated rings. The number of methoxy groups -OCH3 is 1. The highest BCUT2D eigenvalue weighted by atomic mass is 32.2. The molecule has 0 atom stereocenters. The van der Waals surface area contributed by atoms with Crippen LogP contribution in [0.3, 0.4) is 0 Å². The molecular formula is C21H24N2O5S. The smallest absolute Gasteiger partial charge is 0.251 e. The maximum Gasteiger partial charge on any atom is 0.251 e. The fourth-order valence-corrected chi connectivity index (χ4v) is 4.00. The summed E-state index contributed by atoms with van der Waals surface area (Å²) in [6.45, 7) is 2.91. The minimum absolute atomic E-state index is 0.165. The number of benzene rings is 2. The van der Waals surface area contributed by atoms with E-state index in [9.17, 15) is 13.2 Å². The molecule has 1 heterocycles. The molecule has 0 aliphatic carbocycles. The van der Waals surface area contributed by atoms with Crippen LogP contribution in [-0.2, 0) is 21.2 Å². The van der Waals surface area contributed by atoms with Gasteiger partial charge in [0, 0.05) is 18.3 Å². The van der Waals surface area contributed by atoms with Gasteiger partial charge in [-0.05, 0) is 67.9 Å². The summed E-state index contributed by atoms with van der Waals surface area (Å²) in [6, 6.07) is 10.3. The second kappa shape index (κ2) is 8.67. The van der Waals surface area contributed by atoms with Crippen molar-refractivity contribution in [3.8, 4) is 11.5 Å². The van der Waals surface area contributed by atoms with E-state index in [1.165, 1.54) is 19.2 Å². The van der Waals surface area contributed by atoms with Gasteiger partial charge in [0.25, 0.3) is 5.91 Å². The van der Waals surface area contributed by atoms with Crippen molar-refractivity contribution in [2.45, 2.75) is 18.2 Å². The number of carbonyl (C=O) groups is 1. The molecule has 1 N–H and O–H groups in total. The van der Waals surface area contributed by atoms with Gasteiger partial charge in [-0.3, -0.25) is 4.79 Å². The van der Waals surface area contributed by atoms with Crippen molar-refractivity contribution < 1.29 is 22.7 Å². The largest absolute Gasteiger partial charge is 0.493 e. The van der Waals surface area contributed by atoms with E-state index in [2.05, 4.69) is 4.72 Å². The number of carbonyl (C=O) groups excluding carboxylic acids is 1. The van der Waals surface area contributed by atoms with Crippen LogP contribution in [0.25, 0.3) is 6.08 Å². The van der Waals surface area contributed by atoms with Crippen LogP contribution in [0.1, 0.15) is 18.1 Å². The lowest BCUT2D eigenvalue weighted by Crippen LogP contribution is -2.26. The number of sulfonamides is 1. The maximum absolute atomic E-state index is 12.7. The Hall–Kier alpha value is -2.84. The van der Waals surface area contributed by atoms with Crippen molar-refractivity contribution in [3.05, 3.63) is 53.6 Å². The van der Waals surface area contributed by atoms with E-state index in [4.69, 9.17) is 9.47 Å². The fourth-order valence-electron chi connectivity index (χ4n) is 3.21. The third-order valence-electron chi connectivity index (χ3n) is 4.70. The average Bonchev–Trinajstić information content (AvgIpc) is 3.16. The Bertz CT molecular complexity index is 1050. The normalized spacial score (nSPS) is 13.6. The molecule has 8 heteroatoms. The number of nitrogens with zero attached hydrogens (tertiary/aromatic N) is 1. The Kier molecular flexibility index (Phi) is 6.24. The van der Waals surface area contributed by atoms with Crippen LogP contribution < -0.4 is 19.1 Å². The third-order valence-corrected chi connectivity index (χ3v) is 6.11. The molecule has 1 amide bonds. The van der Waals surface area contributed by atoms with E-state index in [1.807, 2.05) is 19.1 Å². The van der Waals surface area contributed by atoms with Crippen molar-refractivity contribution in [1.82, 2.24) is 4.72 Å². The molecule has 2 aromatic rings. The summed E-state index contributed by atoms with van der Waals surface area (Å²) in [7, 11) is -0.555. The molecule has 2 aromatic carbocycles. The summed E-state index contributed by atoms with van der Waals surface area (Å²) in [4.78, 5) is 14.6. The molecule has 0 unspecified atom stereocenters.